The lowest BCUT2D eigenvalue weighted by Crippen LogP contribution is -2.39. The van der Waals surface area contributed by atoms with Crippen molar-refractivity contribution in [1.29, 1.82) is 0 Å². The second kappa shape index (κ2) is 7.95. The van der Waals surface area contributed by atoms with E-state index in [9.17, 15) is 14.4 Å². The van der Waals surface area contributed by atoms with Gasteiger partial charge in [-0.3, -0.25) is 14.4 Å². The largest absolute Gasteiger partial charge is 0.480 e. The maximum Gasteiger partial charge on any atom is 0.322 e. The van der Waals surface area contributed by atoms with Gasteiger partial charge in [-0.05, 0) is 11.6 Å². The van der Waals surface area contributed by atoms with E-state index in [0.717, 1.165) is 0 Å². The molecule has 5 N–H and O–H groups in total. The van der Waals surface area contributed by atoms with Crippen LogP contribution in [0.25, 0.3) is 0 Å². The fourth-order valence-corrected chi connectivity index (χ4v) is 1.73. The maximum atomic E-state index is 12.0. The van der Waals surface area contributed by atoms with Crippen molar-refractivity contribution in [2.24, 2.45) is 5.73 Å². The molecule has 0 aliphatic rings. The molecule has 7 nitrogen and oxygen atoms in total. The monoisotopic (exact) mass is 309 g/mol. The number of amides is 2. The molecule has 2 amide bonds. The third-order valence-electron chi connectivity index (χ3n) is 2.47. The van der Waals surface area contributed by atoms with E-state index in [2.05, 4.69) is 10.6 Å². The van der Waals surface area contributed by atoms with Gasteiger partial charge in [0.25, 0.3) is 5.91 Å². The number of thiocarbonyl (C=S) groups is 1. The van der Waals surface area contributed by atoms with Crippen molar-refractivity contribution in [2.75, 3.05) is 13.1 Å². The Hall–Kier alpha value is -2.48. The number of hydrogen-bond donors (Lipinski definition) is 4. The Morgan fingerprint density at radius 3 is 2.43 bits per heavy atom. The summed E-state index contributed by atoms with van der Waals surface area (Å²) in [5, 5.41) is 13.0. The molecule has 0 spiro atoms. The zero-order chi connectivity index (χ0) is 15.8. The van der Waals surface area contributed by atoms with Gasteiger partial charge in [0.2, 0.25) is 5.91 Å². The van der Waals surface area contributed by atoms with Crippen LogP contribution in [0, 0.1) is 0 Å². The minimum Gasteiger partial charge on any atom is -0.480 e. The van der Waals surface area contributed by atoms with Crippen LogP contribution in [0.3, 0.4) is 0 Å². The zero-order valence-electron chi connectivity index (χ0n) is 11.1. The number of nitrogens with two attached hydrogens (primary N) is 1. The third-order valence-corrected chi connectivity index (χ3v) is 2.62. The van der Waals surface area contributed by atoms with Crippen molar-refractivity contribution in [1.82, 2.24) is 10.6 Å². The van der Waals surface area contributed by atoms with E-state index >= 15 is 0 Å². The van der Waals surface area contributed by atoms with Crippen LogP contribution in [0.5, 0.6) is 0 Å². The van der Waals surface area contributed by atoms with Crippen LogP contribution < -0.4 is 16.4 Å². The van der Waals surface area contributed by atoms with Crippen molar-refractivity contribution >= 4 is 35.0 Å². The number of carboxylic acid groups (broad SMARTS) is 1. The van der Waals surface area contributed by atoms with Crippen LogP contribution >= 0.6 is 12.2 Å². The van der Waals surface area contributed by atoms with Crippen molar-refractivity contribution in [2.45, 2.75) is 6.42 Å². The molecule has 0 heterocycles. The van der Waals surface area contributed by atoms with Crippen LogP contribution in [0.1, 0.15) is 15.9 Å². The Kier molecular flexibility index (Phi) is 6.28. The smallest absolute Gasteiger partial charge is 0.322 e. The minimum absolute atomic E-state index is 0.259. The summed E-state index contributed by atoms with van der Waals surface area (Å²) in [6.07, 6.45) is 0.282. The third kappa shape index (κ3) is 6.00. The molecule has 0 atom stereocenters. The molecule has 0 fully saturated rings. The Balaban J connectivity index is 2.61. The summed E-state index contributed by atoms with van der Waals surface area (Å²) in [5.41, 5.74) is 6.50. The average Bonchev–Trinajstić information content (AvgIpc) is 2.42. The molecule has 21 heavy (non-hydrogen) atoms. The Morgan fingerprint density at radius 1 is 1.14 bits per heavy atom. The van der Waals surface area contributed by atoms with Gasteiger partial charge < -0.3 is 21.5 Å². The van der Waals surface area contributed by atoms with Gasteiger partial charge >= 0.3 is 5.97 Å². The van der Waals surface area contributed by atoms with E-state index in [-0.39, 0.29) is 18.0 Å². The first kappa shape index (κ1) is 16.6. The highest BCUT2D eigenvalue weighted by Crippen LogP contribution is 2.09. The van der Waals surface area contributed by atoms with Gasteiger partial charge in [-0.25, -0.2) is 0 Å². The lowest BCUT2D eigenvalue weighted by molar-refractivity contribution is -0.137. The fraction of sp³-hybridized carbons (Fsp3) is 0.231. The minimum atomic E-state index is -1.16. The maximum absolute atomic E-state index is 12.0. The van der Waals surface area contributed by atoms with Gasteiger partial charge in [0.15, 0.2) is 0 Å². The van der Waals surface area contributed by atoms with E-state index < -0.39 is 24.3 Å². The molecule has 0 aliphatic heterocycles. The summed E-state index contributed by atoms with van der Waals surface area (Å²) < 4.78 is 0. The summed E-state index contributed by atoms with van der Waals surface area (Å²) in [5.74, 6) is -2.19. The van der Waals surface area contributed by atoms with E-state index in [1.165, 1.54) is 0 Å². The second-order valence-electron chi connectivity index (χ2n) is 4.15. The molecule has 112 valence electrons. The SMILES string of the molecule is NC(=S)Cc1ccccc1C(=O)NCC(=O)NCC(=O)O. The van der Waals surface area contributed by atoms with E-state index in [4.69, 9.17) is 23.1 Å². The molecule has 0 unspecified atom stereocenters. The first-order chi connectivity index (χ1) is 9.90. The highest BCUT2D eigenvalue weighted by Gasteiger charge is 2.12. The first-order valence-electron chi connectivity index (χ1n) is 6.03. The molecule has 0 aliphatic carbocycles. The number of nitrogens with one attached hydrogen (secondary N) is 2. The van der Waals surface area contributed by atoms with Gasteiger partial charge in [0.1, 0.15) is 6.54 Å². The molecular weight excluding hydrogens is 294 g/mol. The highest BCUT2D eigenvalue weighted by atomic mass is 32.1. The normalized spacial score (nSPS) is 9.71. The number of benzene rings is 1. The lowest BCUT2D eigenvalue weighted by atomic mass is 10.0. The van der Waals surface area contributed by atoms with Gasteiger partial charge in [0, 0.05) is 12.0 Å². The molecule has 0 aromatic heterocycles. The van der Waals surface area contributed by atoms with Crippen LogP contribution in [0.4, 0.5) is 0 Å². The number of carboxylic acids is 1. The van der Waals surface area contributed by atoms with E-state index in [0.29, 0.717) is 11.1 Å². The summed E-state index contributed by atoms with van der Waals surface area (Å²) in [7, 11) is 0. The Labute approximate surface area is 126 Å². The molecule has 8 heteroatoms. The predicted molar refractivity (Wildman–Crippen MR) is 79.9 cm³/mol. The number of aliphatic carboxylic acids is 1. The topological polar surface area (TPSA) is 122 Å². The predicted octanol–water partition coefficient (Wildman–Crippen LogP) is -0.554. The second-order valence-corrected chi connectivity index (χ2v) is 4.68. The lowest BCUT2D eigenvalue weighted by Gasteiger charge is -2.09. The number of carbonyl (C=O) groups excluding carboxylic acids is 2. The summed E-state index contributed by atoms with van der Waals surface area (Å²) in [6.45, 7) is -0.805. The van der Waals surface area contributed by atoms with E-state index in [1.807, 2.05) is 0 Å². The van der Waals surface area contributed by atoms with Gasteiger partial charge in [-0.15, -0.1) is 0 Å². The fourth-order valence-electron chi connectivity index (χ4n) is 1.58. The molecular formula is C13H15N3O4S. The molecule has 0 bridgehead atoms. The van der Waals surface area contributed by atoms with E-state index in [1.54, 1.807) is 24.3 Å². The molecule has 0 saturated heterocycles. The summed E-state index contributed by atoms with van der Waals surface area (Å²) in [6, 6.07) is 6.75. The van der Waals surface area contributed by atoms with Crippen LogP contribution in [-0.4, -0.2) is 41.0 Å². The average molecular weight is 309 g/mol. The number of hydrogen-bond acceptors (Lipinski definition) is 4. The molecule has 0 saturated carbocycles. The Bertz CT molecular complexity index is 574. The van der Waals surface area contributed by atoms with Crippen LogP contribution in [-0.2, 0) is 16.0 Å². The standard InChI is InChI=1S/C13H15N3O4S/c14-10(21)5-8-3-1-2-4-9(8)13(20)16-6-11(17)15-7-12(18)19/h1-4H,5-7H2,(H2,14,21)(H,15,17)(H,16,20)(H,18,19). The van der Waals surface area contributed by atoms with Crippen molar-refractivity contribution < 1.29 is 19.5 Å². The van der Waals surface area contributed by atoms with Gasteiger partial charge in [0.05, 0.1) is 11.5 Å². The number of carbonyl (C=O) groups is 3. The summed E-state index contributed by atoms with van der Waals surface area (Å²) in [4.78, 5) is 33.9. The quantitative estimate of drug-likeness (QED) is 0.501. The van der Waals surface area contributed by atoms with Gasteiger partial charge in [-0.2, -0.15) is 0 Å². The zero-order valence-corrected chi connectivity index (χ0v) is 11.9. The number of rotatable bonds is 7. The van der Waals surface area contributed by atoms with Crippen molar-refractivity contribution in [3.05, 3.63) is 35.4 Å². The molecule has 0 radical (unpaired) electrons. The first-order valence-corrected chi connectivity index (χ1v) is 6.44. The van der Waals surface area contributed by atoms with Crippen molar-refractivity contribution in [3.8, 4) is 0 Å². The van der Waals surface area contributed by atoms with Crippen molar-refractivity contribution in [3.63, 3.8) is 0 Å². The molecule has 1 aromatic carbocycles. The van der Waals surface area contributed by atoms with Crippen LogP contribution in [0.2, 0.25) is 0 Å². The molecule has 1 aromatic rings. The Morgan fingerprint density at radius 2 is 1.81 bits per heavy atom. The highest BCUT2D eigenvalue weighted by molar-refractivity contribution is 7.80. The molecule has 1 rings (SSSR count). The van der Waals surface area contributed by atoms with Gasteiger partial charge in [-0.1, -0.05) is 30.4 Å². The van der Waals surface area contributed by atoms with Crippen LogP contribution in [0.15, 0.2) is 24.3 Å². The summed E-state index contributed by atoms with van der Waals surface area (Å²) >= 11 is 4.82.